The first-order valence-corrected chi connectivity index (χ1v) is 8.69. The van der Waals surface area contributed by atoms with E-state index in [1.54, 1.807) is 6.92 Å². The summed E-state index contributed by atoms with van der Waals surface area (Å²) >= 11 is 0. The highest BCUT2D eigenvalue weighted by atomic mass is 19.1. The van der Waals surface area contributed by atoms with Crippen molar-refractivity contribution in [2.45, 2.75) is 26.4 Å². The molecule has 0 saturated heterocycles. The molecule has 0 bridgehead atoms. The summed E-state index contributed by atoms with van der Waals surface area (Å²) in [5.74, 6) is -2.51. The van der Waals surface area contributed by atoms with Gasteiger partial charge in [0.05, 0.1) is 13.2 Å². The van der Waals surface area contributed by atoms with E-state index < -0.39 is 17.2 Å². The zero-order valence-electron chi connectivity index (χ0n) is 15.6. The number of rotatable bonds is 7. The predicted molar refractivity (Wildman–Crippen MR) is 101 cm³/mol. The molecule has 3 rings (SSSR count). The van der Waals surface area contributed by atoms with Crippen LogP contribution in [0.4, 0.5) is 14.7 Å². The van der Waals surface area contributed by atoms with E-state index in [4.69, 9.17) is 9.84 Å². The molecule has 152 valence electrons. The van der Waals surface area contributed by atoms with E-state index in [2.05, 4.69) is 15.3 Å². The van der Waals surface area contributed by atoms with Crippen LogP contribution in [0.5, 0.6) is 11.5 Å². The largest absolute Gasteiger partial charge is 0.448 e. The summed E-state index contributed by atoms with van der Waals surface area (Å²) in [6.07, 6.45) is 1.40. The van der Waals surface area contributed by atoms with Gasteiger partial charge in [0.1, 0.15) is 17.2 Å². The number of anilines is 1. The van der Waals surface area contributed by atoms with Gasteiger partial charge in [0, 0.05) is 23.7 Å². The Labute approximate surface area is 163 Å². The molecule has 2 N–H and O–H groups in total. The molecule has 1 aromatic carbocycles. The number of ether oxygens (including phenoxy) is 1. The normalized spacial score (nSPS) is 12.0. The van der Waals surface area contributed by atoms with Crippen molar-refractivity contribution >= 4 is 22.8 Å². The molecule has 0 radical (unpaired) electrons. The number of hydrogen-bond acceptors (Lipinski definition) is 7. The van der Waals surface area contributed by atoms with Gasteiger partial charge in [-0.15, -0.1) is 0 Å². The smallest absolute Gasteiger partial charge is 0.295 e. The van der Waals surface area contributed by atoms with Gasteiger partial charge in [-0.2, -0.15) is 4.98 Å². The van der Waals surface area contributed by atoms with Crippen molar-refractivity contribution in [3.63, 3.8) is 0 Å². The second-order valence-electron chi connectivity index (χ2n) is 6.48. The van der Waals surface area contributed by atoms with Crippen molar-refractivity contribution in [1.82, 2.24) is 14.5 Å². The number of hydrogen-bond donors (Lipinski definition) is 2. The summed E-state index contributed by atoms with van der Waals surface area (Å²) in [5, 5.41) is 12.4. The molecule has 0 aliphatic carbocycles. The number of carbonyl (C=O) groups is 1. The lowest BCUT2D eigenvalue weighted by molar-refractivity contribution is -0.117. The summed E-state index contributed by atoms with van der Waals surface area (Å²) in [6.45, 7) is 2.58. The molecule has 0 unspecified atom stereocenters. The summed E-state index contributed by atoms with van der Waals surface area (Å²) in [5.41, 5.74) is -0.545. The highest BCUT2D eigenvalue weighted by molar-refractivity contribution is 5.81. The van der Waals surface area contributed by atoms with Gasteiger partial charge in [-0.1, -0.05) is 0 Å². The second-order valence-corrected chi connectivity index (χ2v) is 6.48. The first-order chi connectivity index (χ1) is 13.8. The summed E-state index contributed by atoms with van der Waals surface area (Å²) in [7, 11) is 0. The summed E-state index contributed by atoms with van der Waals surface area (Å²) in [4.78, 5) is 32.9. The zero-order valence-corrected chi connectivity index (χ0v) is 15.6. The van der Waals surface area contributed by atoms with Crippen LogP contribution in [0.15, 0.2) is 35.3 Å². The first kappa shape index (κ1) is 20.3. The minimum Gasteiger partial charge on any atom is -0.448 e. The molecule has 1 atom stereocenters. The number of aliphatic hydroxyl groups excluding tert-OH is 1. The topological polar surface area (TPSA) is 106 Å². The molecule has 0 spiro atoms. The van der Waals surface area contributed by atoms with Gasteiger partial charge in [0.2, 0.25) is 5.95 Å². The molecule has 0 amide bonds. The third-order valence-electron chi connectivity index (χ3n) is 3.94. The fourth-order valence-corrected chi connectivity index (χ4v) is 2.59. The number of pyridine rings is 1. The number of aromatic nitrogens is 3. The maximum Gasteiger partial charge on any atom is 0.295 e. The summed E-state index contributed by atoms with van der Waals surface area (Å²) < 4.78 is 33.5. The first-order valence-electron chi connectivity index (χ1n) is 8.69. The monoisotopic (exact) mass is 404 g/mol. The maximum absolute atomic E-state index is 13.9. The minimum atomic E-state index is -0.976. The van der Waals surface area contributed by atoms with Crippen molar-refractivity contribution < 1.29 is 23.4 Å². The zero-order chi connectivity index (χ0) is 21.1. The average molecular weight is 404 g/mol. The van der Waals surface area contributed by atoms with Crippen LogP contribution in [0.1, 0.15) is 13.8 Å². The molecule has 0 saturated carbocycles. The Balaban J connectivity index is 2.12. The number of ketones is 1. The fraction of sp³-hybridized carbons (Fsp3) is 0.263. The van der Waals surface area contributed by atoms with E-state index in [1.165, 1.54) is 19.2 Å². The molecular weight excluding hydrogens is 386 g/mol. The fourth-order valence-electron chi connectivity index (χ4n) is 2.59. The Morgan fingerprint density at radius 2 is 2.07 bits per heavy atom. The van der Waals surface area contributed by atoms with Crippen LogP contribution in [0.25, 0.3) is 11.0 Å². The number of aliphatic hydroxyl groups is 1. The van der Waals surface area contributed by atoms with Gasteiger partial charge >= 0.3 is 0 Å². The molecule has 29 heavy (non-hydrogen) atoms. The van der Waals surface area contributed by atoms with Crippen LogP contribution >= 0.6 is 0 Å². The molecule has 8 nitrogen and oxygen atoms in total. The molecule has 0 fully saturated rings. The SMILES string of the molecule is CC(=O)Cn1c(=O)c(Oc2ccc(F)cc2F)cc2cnc(N[C@H](C)CO)nc21. The van der Waals surface area contributed by atoms with E-state index in [1.807, 2.05) is 0 Å². The lowest BCUT2D eigenvalue weighted by Gasteiger charge is -2.14. The number of nitrogens with zero attached hydrogens (tertiary/aromatic N) is 3. The Hall–Kier alpha value is -3.40. The highest BCUT2D eigenvalue weighted by Crippen LogP contribution is 2.25. The van der Waals surface area contributed by atoms with E-state index in [0.717, 1.165) is 16.7 Å². The Bertz CT molecular complexity index is 1130. The number of nitrogens with one attached hydrogen (secondary N) is 1. The van der Waals surface area contributed by atoms with E-state index in [-0.39, 0.29) is 48.1 Å². The van der Waals surface area contributed by atoms with Gasteiger partial charge in [0.25, 0.3) is 5.56 Å². The van der Waals surface area contributed by atoms with Crippen LogP contribution in [-0.4, -0.2) is 38.1 Å². The van der Waals surface area contributed by atoms with Gasteiger partial charge in [-0.3, -0.25) is 14.2 Å². The minimum absolute atomic E-state index is 0.155. The van der Waals surface area contributed by atoms with Gasteiger partial charge < -0.3 is 15.2 Å². The Morgan fingerprint density at radius 1 is 1.31 bits per heavy atom. The highest BCUT2D eigenvalue weighted by Gasteiger charge is 2.17. The number of fused-ring (bicyclic) bond motifs is 1. The molecule has 10 heteroatoms. The Morgan fingerprint density at radius 3 is 2.72 bits per heavy atom. The van der Waals surface area contributed by atoms with Gasteiger partial charge in [0.15, 0.2) is 17.3 Å². The van der Waals surface area contributed by atoms with Crippen LogP contribution in [-0.2, 0) is 11.3 Å². The lowest BCUT2D eigenvalue weighted by Crippen LogP contribution is -2.26. The molecule has 0 aliphatic rings. The van der Waals surface area contributed by atoms with Crippen LogP contribution < -0.4 is 15.6 Å². The summed E-state index contributed by atoms with van der Waals surface area (Å²) in [6, 6.07) is 3.68. The van der Waals surface area contributed by atoms with Crippen LogP contribution in [0.3, 0.4) is 0 Å². The molecule has 2 heterocycles. The second kappa shape index (κ2) is 8.31. The van der Waals surface area contributed by atoms with Gasteiger partial charge in [-0.25, -0.2) is 13.8 Å². The average Bonchev–Trinajstić information content (AvgIpc) is 2.67. The standard InChI is InChI=1S/C19H18F2N4O4/c1-10(9-26)23-19-22-7-12-5-16(29-15-4-3-13(20)6-14(15)21)18(28)25(8-11(2)27)17(12)24-19/h3-7,10,26H,8-9H2,1-2H3,(H,22,23,24)/t10-/m1/s1. The van der Waals surface area contributed by atoms with Crippen molar-refractivity contribution in [1.29, 1.82) is 0 Å². The molecular formula is C19H18F2N4O4. The van der Waals surface area contributed by atoms with Gasteiger partial charge in [-0.05, 0) is 32.0 Å². The number of carbonyl (C=O) groups excluding carboxylic acids is 1. The number of Topliss-reactive ketones (excluding diaryl/α,β-unsaturated/α-hetero) is 1. The van der Waals surface area contributed by atoms with Crippen molar-refractivity contribution in [3.8, 4) is 11.5 Å². The van der Waals surface area contributed by atoms with E-state index in [9.17, 15) is 18.4 Å². The predicted octanol–water partition coefficient (Wildman–Crippen LogP) is 2.24. The van der Waals surface area contributed by atoms with Crippen molar-refractivity contribution in [2.24, 2.45) is 0 Å². The molecule has 0 aliphatic heterocycles. The third-order valence-corrected chi connectivity index (χ3v) is 3.94. The van der Waals surface area contributed by atoms with E-state index >= 15 is 0 Å². The Kier molecular flexibility index (Phi) is 5.83. The lowest BCUT2D eigenvalue weighted by atomic mass is 10.3. The van der Waals surface area contributed by atoms with Crippen LogP contribution in [0, 0.1) is 11.6 Å². The van der Waals surface area contributed by atoms with Crippen LogP contribution in [0.2, 0.25) is 0 Å². The van der Waals surface area contributed by atoms with E-state index in [0.29, 0.717) is 11.5 Å². The number of halogens is 2. The number of benzene rings is 1. The van der Waals surface area contributed by atoms with Crippen molar-refractivity contribution in [2.75, 3.05) is 11.9 Å². The third kappa shape index (κ3) is 4.54. The quantitative estimate of drug-likeness (QED) is 0.622. The van der Waals surface area contributed by atoms with Crippen molar-refractivity contribution in [3.05, 3.63) is 52.5 Å². The maximum atomic E-state index is 13.9. The molecule has 3 aromatic rings. The molecule has 2 aromatic heterocycles.